The van der Waals surface area contributed by atoms with Crippen LogP contribution in [0.2, 0.25) is 0 Å². The second kappa shape index (κ2) is 19.6. The first kappa shape index (κ1) is 29.9. The number of ether oxygens (including phenoxy) is 2. The summed E-state index contributed by atoms with van der Waals surface area (Å²) < 4.78 is 10.4. The van der Waals surface area contributed by atoms with Gasteiger partial charge in [0, 0.05) is 0 Å². The smallest absolute Gasteiger partial charge is 0.317 e. The molecule has 184 valence electrons. The largest absolute Gasteiger partial charge is 0.465 e. The first-order chi connectivity index (χ1) is 14.8. The lowest BCUT2D eigenvalue weighted by Crippen LogP contribution is -2.29. The number of rotatable bonds is 20. The fourth-order valence-electron chi connectivity index (χ4n) is 3.42. The highest BCUT2D eigenvalue weighted by atomic mass is 16.6. The molecule has 0 radical (unpaired) electrons. The molecule has 0 N–H and O–H groups in total. The summed E-state index contributed by atoms with van der Waals surface area (Å²) in [6.07, 6.45) is 20.6. The SMILES string of the molecule is CCCCCCCCCCCCCCCCCCOC(=O)CC(=O)OC(C)C(C)(C)C. The fourth-order valence-corrected chi connectivity index (χ4v) is 3.42. The molecule has 0 rings (SSSR count). The molecule has 0 spiro atoms. The van der Waals surface area contributed by atoms with Gasteiger partial charge in [-0.1, -0.05) is 124 Å². The molecule has 0 bridgehead atoms. The van der Waals surface area contributed by atoms with Gasteiger partial charge in [-0.3, -0.25) is 9.59 Å². The summed E-state index contributed by atoms with van der Waals surface area (Å²) in [7, 11) is 0. The summed E-state index contributed by atoms with van der Waals surface area (Å²) in [5.74, 6) is -0.980. The van der Waals surface area contributed by atoms with Crippen LogP contribution in [0.5, 0.6) is 0 Å². The van der Waals surface area contributed by atoms with Crippen LogP contribution in [0.1, 0.15) is 144 Å². The molecule has 0 fully saturated rings. The predicted octanol–water partition coefficient (Wildman–Crippen LogP) is 8.16. The molecular formula is C27H52O4. The number of carbonyl (C=O) groups excluding carboxylic acids is 2. The van der Waals surface area contributed by atoms with E-state index in [-0.39, 0.29) is 17.9 Å². The zero-order chi connectivity index (χ0) is 23.4. The van der Waals surface area contributed by atoms with E-state index in [1.165, 1.54) is 89.9 Å². The lowest BCUT2D eigenvalue weighted by molar-refractivity contribution is -0.160. The van der Waals surface area contributed by atoms with Gasteiger partial charge in [0.05, 0.1) is 6.61 Å². The Labute approximate surface area is 193 Å². The molecule has 0 saturated heterocycles. The van der Waals surface area contributed by atoms with Crippen LogP contribution in [0.15, 0.2) is 0 Å². The molecular weight excluding hydrogens is 388 g/mol. The molecule has 1 unspecified atom stereocenters. The second-order valence-electron chi connectivity index (χ2n) is 10.2. The van der Waals surface area contributed by atoms with Crippen molar-refractivity contribution in [3.63, 3.8) is 0 Å². The van der Waals surface area contributed by atoms with Crippen molar-refractivity contribution in [2.75, 3.05) is 6.61 Å². The third-order valence-electron chi connectivity index (χ3n) is 6.08. The maximum atomic E-state index is 11.8. The van der Waals surface area contributed by atoms with Crippen molar-refractivity contribution >= 4 is 11.9 Å². The molecule has 0 aromatic rings. The number of hydrogen-bond donors (Lipinski definition) is 0. The van der Waals surface area contributed by atoms with E-state index >= 15 is 0 Å². The van der Waals surface area contributed by atoms with Gasteiger partial charge in [0.2, 0.25) is 0 Å². The maximum absolute atomic E-state index is 11.8. The summed E-state index contributed by atoms with van der Waals surface area (Å²) in [4.78, 5) is 23.5. The minimum Gasteiger partial charge on any atom is -0.465 e. The molecule has 0 aromatic carbocycles. The van der Waals surface area contributed by atoms with Crippen molar-refractivity contribution < 1.29 is 19.1 Å². The van der Waals surface area contributed by atoms with E-state index < -0.39 is 11.9 Å². The van der Waals surface area contributed by atoms with E-state index in [1.807, 2.05) is 27.7 Å². The minimum absolute atomic E-state index is 0.132. The molecule has 0 saturated carbocycles. The molecule has 0 heterocycles. The van der Waals surface area contributed by atoms with Crippen LogP contribution in [0.25, 0.3) is 0 Å². The van der Waals surface area contributed by atoms with Crippen molar-refractivity contribution in [3.8, 4) is 0 Å². The van der Waals surface area contributed by atoms with Gasteiger partial charge in [0.1, 0.15) is 12.5 Å². The Morgan fingerprint density at radius 3 is 1.42 bits per heavy atom. The molecule has 0 aliphatic heterocycles. The summed E-state index contributed by atoms with van der Waals surface area (Å²) in [5.41, 5.74) is -0.132. The Morgan fingerprint density at radius 1 is 0.645 bits per heavy atom. The van der Waals surface area contributed by atoms with E-state index in [0.717, 1.165) is 12.8 Å². The number of esters is 2. The van der Waals surface area contributed by atoms with Gasteiger partial charge in [-0.05, 0) is 18.8 Å². The van der Waals surface area contributed by atoms with E-state index in [9.17, 15) is 9.59 Å². The minimum atomic E-state index is -0.501. The van der Waals surface area contributed by atoms with Gasteiger partial charge in [-0.15, -0.1) is 0 Å². The van der Waals surface area contributed by atoms with Gasteiger partial charge in [0.25, 0.3) is 0 Å². The molecule has 0 aliphatic carbocycles. The first-order valence-corrected chi connectivity index (χ1v) is 13.1. The van der Waals surface area contributed by atoms with E-state index in [0.29, 0.717) is 6.61 Å². The summed E-state index contributed by atoms with van der Waals surface area (Å²) in [5, 5.41) is 0. The monoisotopic (exact) mass is 440 g/mol. The molecule has 31 heavy (non-hydrogen) atoms. The molecule has 1 atom stereocenters. The van der Waals surface area contributed by atoms with Gasteiger partial charge in [0.15, 0.2) is 0 Å². The van der Waals surface area contributed by atoms with Crippen LogP contribution in [-0.2, 0) is 19.1 Å². The van der Waals surface area contributed by atoms with Crippen molar-refractivity contribution in [3.05, 3.63) is 0 Å². The Balaban J connectivity index is 3.35. The molecule has 0 aliphatic rings. The van der Waals surface area contributed by atoms with E-state index in [1.54, 1.807) is 0 Å². The van der Waals surface area contributed by atoms with Crippen LogP contribution < -0.4 is 0 Å². The predicted molar refractivity (Wildman–Crippen MR) is 130 cm³/mol. The Hall–Kier alpha value is -1.06. The highest BCUT2D eigenvalue weighted by Crippen LogP contribution is 2.22. The third kappa shape index (κ3) is 20.6. The lowest BCUT2D eigenvalue weighted by atomic mass is 9.90. The fraction of sp³-hybridized carbons (Fsp3) is 0.926. The number of carbonyl (C=O) groups is 2. The normalized spacial score (nSPS) is 12.5. The Morgan fingerprint density at radius 2 is 1.03 bits per heavy atom. The van der Waals surface area contributed by atoms with Gasteiger partial charge < -0.3 is 9.47 Å². The molecule has 4 heteroatoms. The van der Waals surface area contributed by atoms with Gasteiger partial charge in [-0.25, -0.2) is 0 Å². The summed E-state index contributed by atoms with van der Waals surface area (Å²) in [6, 6.07) is 0. The van der Waals surface area contributed by atoms with Crippen LogP contribution in [0, 0.1) is 5.41 Å². The van der Waals surface area contributed by atoms with Crippen molar-refractivity contribution in [2.24, 2.45) is 5.41 Å². The van der Waals surface area contributed by atoms with Gasteiger partial charge in [-0.2, -0.15) is 0 Å². The Bertz CT molecular complexity index is 439. The summed E-state index contributed by atoms with van der Waals surface area (Å²) in [6.45, 7) is 10.5. The van der Waals surface area contributed by atoms with Crippen molar-refractivity contribution in [1.82, 2.24) is 0 Å². The highest BCUT2D eigenvalue weighted by molar-refractivity contribution is 5.91. The van der Waals surface area contributed by atoms with E-state index in [4.69, 9.17) is 9.47 Å². The first-order valence-electron chi connectivity index (χ1n) is 13.1. The van der Waals surface area contributed by atoms with Crippen LogP contribution >= 0.6 is 0 Å². The second-order valence-corrected chi connectivity index (χ2v) is 10.2. The average Bonchev–Trinajstić information content (AvgIpc) is 2.69. The van der Waals surface area contributed by atoms with Crippen LogP contribution in [0.4, 0.5) is 0 Å². The zero-order valence-corrected chi connectivity index (χ0v) is 21.4. The number of hydrogen-bond acceptors (Lipinski definition) is 4. The highest BCUT2D eigenvalue weighted by Gasteiger charge is 2.24. The quantitative estimate of drug-likeness (QED) is 0.109. The molecule has 0 amide bonds. The summed E-state index contributed by atoms with van der Waals surface area (Å²) >= 11 is 0. The van der Waals surface area contributed by atoms with Crippen molar-refractivity contribution in [2.45, 2.75) is 150 Å². The topological polar surface area (TPSA) is 52.6 Å². The average molecular weight is 441 g/mol. The molecule has 0 aromatic heterocycles. The maximum Gasteiger partial charge on any atom is 0.317 e. The lowest BCUT2D eigenvalue weighted by Gasteiger charge is -2.26. The standard InChI is InChI=1S/C27H52O4/c1-6-7-8-9-10-11-12-13-14-15-16-17-18-19-20-21-22-30-25(28)23-26(29)31-24(2)27(3,4)5/h24H,6-23H2,1-5H3. The zero-order valence-electron chi connectivity index (χ0n) is 21.4. The third-order valence-corrected chi connectivity index (χ3v) is 6.08. The van der Waals surface area contributed by atoms with Gasteiger partial charge >= 0.3 is 11.9 Å². The Kier molecular flexibility index (Phi) is 18.9. The number of unbranched alkanes of at least 4 members (excludes halogenated alkanes) is 15. The van der Waals surface area contributed by atoms with Crippen molar-refractivity contribution in [1.29, 1.82) is 0 Å². The van der Waals surface area contributed by atoms with E-state index in [2.05, 4.69) is 6.92 Å². The van der Waals surface area contributed by atoms with Crippen LogP contribution in [-0.4, -0.2) is 24.6 Å². The molecule has 4 nitrogen and oxygen atoms in total. The van der Waals surface area contributed by atoms with Crippen LogP contribution in [0.3, 0.4) is 0 Å².